The lowest BCUT2D eigenvalue weighted by Crippen LogP contribution is -2.03. The highest BCUT2D eigenvalue weighted by Gasteiger charge is 2.17. The molecular formula is C69H120N4OS. The largest absolute Gasteiger partial charge is 0.497 e. The second-order valence-corrected chi connectivity index (χ2v) is 22.9. The summed E-state index contributed by atoms with van der Waals surface area (Å²) in [5.41, 5.74) is 5.08. The zero-order valence-corrected chi connectivity index (χ0v) is 51.6. The number of rotatable bonds is 10. The molecule has 0 N–H and O–H groups in total. The molecule has 6 heteroatoms. The number of methoxy groups -OCH3 is 1. The van der Waals surface area contributed by atoms with Gasteiger partial charge >= 0.3 is 0 Å². The molecule has 4 heterocycles. The van der Waals surface area contributed by atoms with Gasteiger partial charge in [-0.25, -0.2) is 0 Å². The minimum Gasteiger partial charge on any atom is -0.497 e. The summed E-state index contributed by atoms with van der Waals surface area (Å²) < 4.78 is 8.90. The van der Waals surface area contributed by atoms with Crippen molar-refractivity contribution in [3.05, 3.63) is 124 Å². The number of pyridine rings is 1. The maximum Gasteiger partial charge on any atom is 0.118 e. The van der Waals surface area contributed by atoms with E-state index in [1.165, 1.54) is 169 Å². The summed E-state index contributed by atoms with van der Waals surface area (Å²) in [5.74, 6) is 6.42. The number of aromatic nitrogens is 4. The van der Waals surface area contributed by atoms with Crippen LogP contribution in [0.15, 0.2) is 91.5 Å². The second kappa shape index (κ2) is 47.6. The predicted octanol–water partition coefficient (Wildman–Crippen LogP) is 21.5. The van der Waals surface area contributed by atoms with E-state index in [2.05, 4.69) is 134 Å². The SMILES string of the molecule is C.CC1CC1.CCC1CC1.CCC1CCCC1.CCC1CCCCC1.CCC1CCCCC1.CCc1ccc(C)s1.CCc1ccc(OC)cc1.CCc1ccccn1.CCc1ccn(C)c1.CCc1ccn(C)n1. The van der Waals surface area contributed by atoms with Gasteiger partial charge in [-0.15, -0.1) is 11.3 Å². The average molecular weight is 1050 g/mol. The Bertz CT molecular complexity index is 1780. The first-order valence-corrected chi connectivity index (χ1v) is 31.4. The van der Waals surface area contributed by atoms with Crippen LogP contribution in [-0.2, 0) is 46.2 Å². The molecule has 1 aromatic carbocycles. The predicted molar refractivity (Wildman–Crippen MR) is 336 cm³/mol. The Labute approximate surface area is 470 Å². The number of aryl methyl sites for hydroxylation is 8. The number of ether oxygens (including phenoxy) is 1. The van der Waals surface area contributed by atoms with Crippen LogP contribution in [0.2, 0.25) is 0 Å². The standard InChI is InChI=1S/C9H12O.2C8H16.C7H11N.C7H9N.C7H10S.C7H14.C6H10N2.C5H10.C4H8.CH4/c1-3-8-4-6-9(10-2)7-5-8;2*1-2-8-6-4-3-5-7-8;1-3-7-4-5-8(2)6-7;1-2-7-5-3-4-6-8-7;1-3-7-5-4-6(2)8-7;1-2-7-5-3-4-6-7;1-3-6-4-5-8(2)7-6;1-2-5-3-4-5;1-4-2-3-4;/h4-7H,3H2,1-2H3;2*8H,2-7H2,1H3;4-6H,3H2,1-2H3;3-6H,2H2,1H3;4-5H,3H2,1-2H3;7H,2-6H2,1H3;4-5H,3H2,1-2H3;5H,2-4H2,1H3;4H,2-3H2,1H3;1H4. The Hall–Kier alpha value is -3.64. The maximum absolute atomic E-state index is 5.01. The van der Waals surface area contributed by atoms with E-state index in [1.54, 1.807) is 7.11 Å². The molecule has 0 atom stereocenters. The second-order valence-electron chi connectivity index (χ2n) is 21.5. The molecule has 0 radical (unpaired) electrons. The van der Waals surface area contributed by atoms with Gasteiger partial charge in [0.1, 0.15) is 5.75 Å². The third-order valence-corrected chi connectivity index (χ3v) is 16.2. The molecule has 5 aliphatic carbocycles. The van der Waals surface area contributed by atoms with Gasteiger partial charge in [-0.1, -0.05) is 236 Å². The summed E-state index contributed by atoms with van der Waals surface area (Å²) in [7, 11) is 5.65. The Morgan fingerprint density at radius 3 is 1.21 bits per heavy atom. The summed E-state index contributed by atoms with van der Waals surface area (Å²) in [6.07, 6.45) is 46.2. The first kappa shape index (κ1) is 71.4. The van der Waals surface area contributed by atoms with Gasteiger partial charge < -0.3 is 9.30 Å². The summed E-state index contributed by atoms with van der Waals surface area (Å²) in [6, 6.07) is 22.6. The highest BCUT2D eigenvalue weighted by atomic mass is 32.1. The Balaban J connectivity index is 0.000000815. The fourth-order valence-electron chi connectivity index (χ4n) is 8.87. The highest BCUT2D eigenvalue weighted by Crippen LogP contribution is 2.31. The van der Waals surface area contributed by atoms with Crippen LogP contribution in [0.3, 0.4) is 0 Å². The quantitative estimate of drug-likeness (QED) is 0.140. The lowest BCUT2D eigenvalue weighted by atomic mass is 9.88. The lowest BCUT2D eigenvalue weighted by Gasteiger charge is -2.18. The summed E-state index contributed by atoms with van der Waals surface area (Å²) >= 11 is 1.89. The average Bonchev–Trinajstić information content (AvgIpc) is 4.17. The monoisotopic (exact) mass is 1050 g/mol. The molecule has 428 valence electrons. The third-order valence-electron chi connectivity index (χ3n) is 15.0. The smallest absolute Gasteiger partial charge is 0.118 e. The van der Waals surface area contributed by atoms with E-state index < -0.39 is 0 Å². The number of nitrogens with zero attached hydrogens (tertiary/aromatic N) is 4. The van der Waals surface area contributed by atoms with Gasteiger partial charge in [-0.3, -0.25) is 9.67 Å². The van der Waals surface area contributed by atoms with Crippen molar-refractivity contribution >= 4 is 11.3 Å². The molecule has 0 amide bonds. The summed E-state index contributed by atoms with van der Waals surface area (Å²) in [4.78, 5) is 7.00. The van der Waals surface area contributed by atoms with E-state index in [0.717, 1.165) is 72.4 Å². The van der Waals surface area contributed by atoms with Gasteiger partial charge in [-0.05, 0) is 128 Å². The fraction of sp³-hybridized carbons (Fsp3) is 0.681. The third kappa shape index (κ3) is 40.3. The number of hydrogen-bond donors (Lipinski definition) is 0. The molecule has 5 nitrogen and oxygen atoms in total. The van der Waals surface area contributed by atoms with Crippen molar-refractivity contribution in [2.45, 2.75) is 257 Å². The van der Waals surface area contributed by atoms with Gasteiger partial charge in [0.25, 0.3) is 0 Å². The zero-order chi connectivity index (χ0) is 54.6. The number of benzene rings is 1. The van der Waals surface area contributed by atoms with Crippen LogP contribution < -0.4 is 4.74 Å². The molecule has 5 aromatic rings. The van der Waals surface area contributed by atoms with Crippen LogP contribution in [-0.4, -0.2) is 26.4 Å². The van der Waals surface area contributed by atoms with E-state index in [-0.39, 0.29) is 7.43 Å². The van der Waals surface area contributed by atoms with Crippen molar-refractivity contribution in [1.82, 2.24) is 19.3 Å². The van der Waals surface area contributed by atoms with Crippen molar-refractivity contribution in [2.75, 3.05) is 7.11 Å². The van der Waals surface area contributed by atoms with Crippen molar-refractivity contribution in [2.24, 2.45) is 43.7 Å². The lowest BCUT2D eigenvalue weighted by molar-refractivity contribution is 0.349. The zero-order valence-electron chi connectivity index (χ0n) is 50.7. The Kier molecular flexibility index (Phi) is 45.3. The molecule has 0 saturated heterocycles. The molecule has 4 aromatic heterocycles. The number of hydrogen-bond acceptors (Lipinski definition) is 4. The van der Waals surface area contributed by atoms with E-state index in [0.29, 0.717) is 0 Å². The molecule has 5 fully saturated rings. The van der Waals surface area contributed by atoms with Gasteiger partial charge in [0, 0.05) is 54.3 Å². The first-order valence-electron chi connectivity index (χ1n) is 30.6. The molecular weight excluding hydrogens is 933 g/mol. The molecule has 10 rings (SSSR count). The van der Waals surface area contributed by atoms with Gasteiger partial charge in [-0.2, -0.15) is 5.10 Å². The fourth-order valence-corrected chi connectivity index (χ4v) is 9.70. The normalized spacial score (nSPS) is 15.5. The molecule has 0 aliphatic heterocycles. The van der Waals surface area contributed by atoms with Gasteiger partial charge in [0.05, 0.1) is 12.8 Å². The molecule has 5 saturated carbocycles. The van der Waals surface area contributed by atoms with E-state index in [1.807, 2.05) is 78.9 Å². The van der Waals surface area contributed by atoms with Crippen LogP contribution in [0.25, 0.3) is 0 Å². The summed E-state index contributed by atoms with van der Waals surface area (Å²) in [5, 5.41) is 4.15. The summed E-state index contributed by atoms with van der Waals surface area (Å²) in [6.45, 7) is 24.3. The van der Waals surface area contributed by atoms with E-state index in [4.69, 9.17) is 4.74 Å². The highest BCUT2D eigenvalue weighted by molar-refractivity contribution is 7.11. The number of thiophene rings is 1. The minimum atomic E-state index is 0. The van der Waals surface area contributed by atoms with E-state index in [9.17, 15) is 0 Å². The van der Waals surface area contributed by atoms with Crippen molar-refractivity contribution in [1.29, 1.82) is 0 Å². The maximum atomic E-state index is 5.01. The Morgan fingerprint density at radius 1 is 0.507 bits per heavy atom. The van der Waals surface area contributed by atoms with Gasteiger partial charge in [0.15, 0.2) is 0 Å². The van der Waals surface area contributed by atoms with Gasteiger partial charge in [0.2, 0.25) is 0 Å². The van der Waals surface area contributed by atoms with Crippen molar-refractivity contribution < 1.29 is 4.74 Å². The van der Waals surface area contributed by atoms with E-state index >= 15 is 0 Å². The van der Waals surface area contributed by atoms with Crippen LogP contribution in [0, 0.1) is 36.5 Å². The molecule has 75 heavy (non-hydrogen) atoms. The van der Waals surface area contributed by atoms with Crippen molar-refractivity contribution in [3.63, 3.8) is 0 Å². The first-order chi connectivity index (χ1) is 35.9. The topological polar surface area (TPSA) is 44.9 Å². The van der Waals surface area contributed by atoms with Crippen LogP contribution in [0.4, 0.5) is 0 Å². The van der Waals surface area contributed by atoms with Crippen LogP contribution in [0.5, 0.6) is 5.75 Å². The minimum absolute atomic E-state index is 0. The molecule has 0 unspecified atom stereocenters. The van der Waals surface area contributed by atoms with Crippen LogP contribution >= 0.6 is 11.3 Å². The van der Waals surface area contributed by atoms with Crippen molar-refractivity contribution in [3.8, 4) is 5.75 Å². The van der Waals surface area contributed by atoms with Crippen LogP contribution in [0.1, 0.15) is 250 Å². The molecule has 0 spiro atoms. The molecule has 0 bridgehead atoms. The Morgan fingerprint density at radius 2 is 0.987 bits per heavy atom. The molecule has 5 aliphatic rings.